The van der Waals surface area contributed by atoms with E-state index in [1.807, 2.05) is 24.3 Å². The second-order valence-electron chi connectivity index (χ2n) is 6.73. The molecule has 6 heteroatoms. The Hall–Kier alpha value is -3.15. The lowest BCUT2D eigenvalue weighted by Crippen LogP contribution is -2.47. The number of aromatic nitrogens is 3. The van der Waals surface area contributed by atoms with E-state index in [1.165, 1.54) is 11.3 Å². The standard InChI is InChI=1S/C21H24N6/c1-17(18-8-4-2-5-9-18)23-20-16-22-25-21(24-20)27-14-12-26(13-15-27)19-10-6-3-7-11-19/h2-11,16-17H,12-15H2,1H3,(H,23,24,25). The van der Waals surface area contributed by atoms with Crippen LogP contribution in [-0.2, 0) is 0 Å². The molecule has 0 radical (unpaired) electrons. The molecule has 27 heavy (non-hydrogen) atoms. The number of nitrogens with one attached hydrogen (secondary N) is 1. The number of anilines is 3. The number of hydrogen-bond acceptors (Lipinski definition) is 6. The molecule has 1 unspecified atom stereocenters. The molecule has 1 aliphatic rings. The molecule has 4 rings (SSSR count). The zero-order chi connectivity index (χ0) is 18.5. The van der Waals surface area contributed by atoms with E-state index < -0.39 is 0 Å². The molecule has 0 aliphatic carbocycles. The molecule has 1 fully saturated rings. The van der Waals surface area contributed by atoms with Crippen molar-refractivity contribution in [1.29, 1.82) is 0 Å². The van der Waals surface area contributed by atoms with E-state index in [9.17, 15) is 0 Å². The third-order valence-corrected chi connectivity index (χ3v) is 4.90. The summed E-state index contributed by atoms with van der Waals surface area (Å²) in [6.45, 7) is 5.79. The Balaban J connectivity index is 1.40. The molecule has 1 atom stereocenters. The van der Waals surface area contributed by atoms with E-state index in [1.54, 1.807) is 6.20 Å². The van der Waals surface area contributed by atoms with Crippen LogP contribution in [0.4, 0.5) is 17.5 Å². The van der Waals surface area contributed by atoms with E-state index >= 15 is 0 Å². The highest BCUT2D eigenvalue weighted by atomic mass is 15.4. The second-order valence-corrected chi connectivity index (χ2v) is 6.73. The summed E-state index contributed by atoms with van der Waals surface area (Å²) < 4.78 is 0. The molecule has 1 aliphatic heterocycles. The van der Waals surface area contributed by atoms with Crippen LogP contribution in [0.5, 0.6) is 0 Å². The maximum atomic E-state index is 4.68. The summed E-state index contributed by atoms with van der Waals surface area (Å²) in [5.74, 6) is 1.44. The van der Waals surface area contributed by atoms with Crippen LogP contribution in [0.3, 0.4) is 0 Å². The Morgan fingerprint density at radius 2 is 1.48 bits per heavy atom. The topological polar surface area (TPSA) is 57.2 Å². The van der Waals surface area contributed by atoms with Crippen LogP contribution >= 0.6 is 0 Å². The molecule has 2 aromatic carbocycles. The predicted molar refractivity (Wildman–Crippen MR) is 109 cm³/mol. The van der Waals surface area contributed by atoms with Gasteiger partial charge in [-0.05, 0) is 24.6 Å². The monoisotopic (exact) mass is 360 g/mol. The number of benzene rings is 2. The molecule has 0 spiro atoms. The summed E-state index contributed by atoms with van der Waals surface area (Å²) in [7, 11) is 0. The van der Waals surface area contributed by atoms with Crippen molar-refractivity contribution in [2.24, 2.45) is 0 Å². The highest BCUT2D eigenvalue weighted by Crippen LogP contribution is 2.20. The zero-order valence-electron chi connectivity index (χ0n) is 15.5. The van der Waals surface area contributed by atoms with E-state index in [2.05, 4.69) is 73.6 Å². The molecular weight excluding hydrogens is 336 g/mol. The van der Waals surface area contributed by atoms with E-state index in [4.69, 9.17) is 0 Å². The Bertz CT molecular complexity index is 847. The molecular formula is C21H24N6. The van der Waals surface area contributed by atoms with Gasteiger partial charge in [-0.25, -0.2) is 0 Å². The van der Waals surface area contributed by atoms with Gasteiger partial charge in [-0.3, -0.25) is 0 Å². The van der Waals surface area contributed by atoms with Gasteiger partial charge in [-0.15, -0.1) is 5.10 Å². The average Bonchev–Trinajstić information content (AvgIpc) is 2.75. The number of nitrogens with zero attached hydrogens (tertiary/aromatic N) is 5. The van der Waals surface area contributed by atoms with Crippen LogP contribution < -0.4 is 15.1 Å². The van der Waals surface area contributed by atoms with Gasteiger partial charge in [0, 0.05) is 37.9 Å². The lowest BCUT2D eigenvalue weighted by atomic mass is 10.1. The Kier molecular flexibility index (Phi) is 5.14. The van der Waals surface area contributed by atoms with Gasteiger partial charge in [0.1, 0.15) is 0 Å². The minimum absolute atomic E-state index is 0.158. The third kappa shape index (κ3) is 4.16. The largest absolute Gasteiger partial charge is 0.368 e. The van der Waals surface area contributed by atoms with Crippen LogP contribution in [0.1, 0.15) is 18.5 Å². The zero-order valence-corrected chi connectivity index (χ0v) is 15.5. The second kappa shape index (κ2) is 8.03. The molecule has 1 N–H and O–H groups in total. The first-order chi connectivity index (χ1) is 13.3. The Labute approximate surface area is 159 Å². The predicted octanol–water partition coefficient (Wildman–Crippen LogP) is 3.37. The van der Waals surface area contributed by atoms with Crippen LogP contribution in [0.25, 0.3) is 0 Å². The lowest BCUT2D eigenvalue weighted by molar-refractivity contribution is 0.635. The minimum atomic E-state index is 0.158. The van der Waals surface area contributed by atoms with Crippen molar-refractivity contribution in [1.82, 2.24) is 15.2 Å². The molecule has 0 saturated carbocycles. The molecule has 1 saturated heterocycles. The van der Waals surface area contributed by atoms with Crippen LogP contribution in [0.15, 0.2) is 66.9 Å². The fourth-order valence-electron chi connectivity index (χ4n) is 3.35. The smallest absolute Gasteiger partial charge is 0.247 e. The van der Waals surface area contributed by atoms with Crippen molar-refractivity contribution in [3.8, 4) is 0 Å². The number of piperazine rings is 1. The maximum absolute atomic E-state index is 4.68. The third-order valence-electron chi connectivity index (χ3n) is 4.90. The van der Waals surface area contributed by atoms with Gasteiger partial charge in [0.05, 0.1) is 6.20 Å². The number of rotatable bonds is 5. The lowest BCUT2D eigenvalue weighted by Gasteiger charge is -2.36. The quantitative estimate of drug-likeness (QED) is 0.753. The molecule has 0 amide bonds. The van der Waals surface area contributed by atoms with Crippen molar-refractivity contribution < 1.29 is 0 Å². The first-order valence-corrected chi connectivity index (χ1v) is 9.36. The van der Waals surface area contributed by atoms with Gasteiger partial charge < -0.3 is 15.1 Å². The van der Waals surface area contributed by atoms with Crippen LogP contribution in [-0.4, -0.2) is 41.4 Å². The molecule has 3 aromatic rings. The van der Waals surface area contributed by atoms with Crippen molar-refractivity contribution in [3.05, 3.63) is 72.4 Å². The van der Waals surface area contributed by atoms with Gasteiger partial charge >= 0.3 is 0 Å². The Morgan fingerprint density at radius 1 is 0.852 bits per heavy atom. The number of para-hydroxylation sites is 1. The average molecular weight is 360 g/mol. The summed E-state index contributed by atoms with van der Waals surface area (Å²) in [6, 6.07) is 21.0. The summed E-state index contributed by atoms with van der Waals surface area (Å²) in [5.41, 5.74) is 2.48. The molecule has 138 valence electrons. The minimum Gasteiger partial charge on any atom is -0.368 e. The Morgan fingerprint density at radius 3 is 2.19 bits per heavy atom. The van der Waals surface area contributed by atoms with E-state index in [0.29, 0.717) is 5.95 Å². The molecule has 1 aromatic heterocycles. The fraction of sp³-hybridized carbons (Fsp3) is 0.286. The number of hydrogen-bond donors (Lipinski definition) is 1. The van der Waals surface area contributed by atoms with E-state index in [0.717, 1.165) is 32.0 Å². The SMILES string of the molecule is CC(Nc1cnnc(N2CCN(c3ccccc3)CC2)n1)c1ccccc1. The normalized spacial score (nSPS) is 15.4. The van der Waals surface area contributed by atoms with Crippen molar-refractivity contribution in [2.45, 2.75) is 13.0 Å². The van der Waals surface area contributed by atoms with Crippen LogP contribution in [0, 0.1) is 0 Å². The van der Waals surface area contributed by atoms with Crippen molar-refractivity contribution in [3.63, 3.8) is 0 Å². The van der Waals surface area contributed by atoms with Gasteiger partial charge in [-0.2, -0.15) is 10.1 Å². The van der Waals surface area contributed by atoms with Gasteiger partial charge in [0.2, 0.25) is 5.95 Å². The molecule has 0 bridgehead atoms. The maximum Gasteiger partial charge on any atom is 0.247 e. The summed E-state index contributed by atoms with van der Waals surface area (Å²) in [4.78, 5) is 9.27. The van der Waals surface area contributed by atoms with E-state index in [-0.39, 0.29) is 6.04 Å². The van der Waals surface area contributed by atoms with Crippen molar-refractivity contribution in [2.75, 3.05) is 41.3 Å². The molecule has 6 nitrogen and oxygen atoms in total. The van der Waals surface area contributed by atoms with Gasteiger partial charge in [-0.1, -0.05) is 48.5 Å². The van der Waals surface area contributed by atoms with Gasteiger partial charge in [0.15, 0.2) is 5.82 Å². The highest BCUT2D eigenvalue weighted by Gasteiger charge is 2.20. The molecule has 2 heterocycles. The first-order valence-electron chi connectivity index (χ1n) is 9.36. The summed E-state index contributed by atoms with van der Waals surface area (Å²) >= 11 is 0. The first kappa shape index (κ1) is 17.3. The highest BCUT2D eigenvalue weighted by molar-refractivity contribution is 5.49. The van der Waals surface area contributed by atoms with Crippen molar-refractivity contribution >= 4 is 17.5 Å². The summed E-state index contributed by atoms with van der Waals surface area (Å²) in [6.07, 6.45) is 1.68. The summed E-state index contributed by atoms with van der Waals surface area (Å²) in [5, 5.41) is 11.8. The fourth-order valence-corrected chi connectivity index (χ4v) is 3.35. The van der Waals surface area contributed by atoms with Crippen LogP contribution in [0.2, 0.25) is 0 Å². The van der Waals surface area contributed by atoms with Gasteiger partial charge in [0.25, 0.3) is 0 Å².